The Morgan fingerprint density at radius 1 is 0.968 bits per heavy atom. The molecule has 1 N–H and O–H groups in total. The number of halogens is 1. The molecule has 2 aromatic carbocycles. The second kappa shape index (κ2) is 10.0. The first-order chi connectivity index (χ1) is 15.2. The maximum absolute atomic E-state index is 13.2. The molecule has 0 bridgehead atoms. The Hall–Kier alpha value is -3.48. The lowest BCUT2D eigenvalue weighted by molar-refractivity contribution is -0.118. The van der Waals surface area contributed by atoms with E-state index in [-0.39, 0.29) is 12.5 Å². The first kappa shape index (κ1) is 20.8. The lowest BCUT2D eigenvalue weighted by atomic mass is 10.1. The Kier molecular flexibility index (Phi) is 6.72. The van der Waals surface area contributed by atoms with Crippen LogP contribution in [0.5, 0.6) is 5.75 Å². The van der Waals surface area contributed by atoms with Crippen LogP contribution in [0.2, 0.25) is 0 Å². The second-order valence-corrected chi connectivity index (χ2v) is 7.55. The standard InChI is InChI=1S/C24H25FN4O2/c25-19-6-5-7-21(16-19)31-17-24(30)26-20-10-8-18(9-11-20)22-12-13-23(28-27-22)29-14-3-1-2-4-15-29/h5-13,16H,1-4,14-15,17H2,(H,26,30). The molecule has 0 saturated carbocycles. The van der Waals surface area contributed by atoms with Crippen molar-refractivity contribution < 1.29 is 13.9 Å². The molecular formula is C24H25FN4O2. The normalized spacial score (nSPS) is 14.0. The van der Waals surface area contributed by atoms with Crippen LogP contribution in [-0.4, -0.2) is 35.8 Å². The first-order valence-corrected chi connectivity index (χ1v) is 10.5. The third-order valence-electron chi connectivity index (χ3n) is 5.21. The summed E-state index contributed by atoms with van der Waals surface area (Å²) in [6, 6.07) is 17.1. The predicted octanol–water partition coefficient (Wildman–Crippen LogP) is 4.68. The van der Waals surface area contributed by atoms with Gasteiger partial charge in [-0.3, -0.25) is 4.79 Å². The largest absolute Gasteiger partial charge is 0.484 e. The van der Waals surface area contributed by atoms with Gasteiger partial charge in [-0.25, -0.2) is 4.39 Å². The number of ether oxygens (including phenoxy) is 1. The van der Waals surface area contributed by atoms with Crippen molar-refractivity contribution >= 4 is 17.4 Å². The smallest absolute Gasteiger partial charge is 0.262 e. The van der Waals surface area contributed by atoms with Crippen molar-refractivity contribution in [2.75, 3.05) is 29.9 Å². The van der Waals surface area contributed by atoms with Gasteiger partial charge in [-0.15, -0.1) is 10.2 Å². The number of rotatable bonds is 6. The minimum atomic E-state index is -0.406. The molecule has 160 valence electrons. The summed E-state index contributed by atoms with van der Waals surface area (Å²) in [5.41, 5.74) is 2.35. The highest BCUT2D eigenvalue weighted by molar-refractivity contribution is 5.92. The van der Waals surface area contributed by atoms with Crippen molar-refractivity contribution in [1.82, 2.24) is 10.2 Å². The number of nitrogens with one attached hydrogen (secondary N) is 1. The maximum Gasteiger partial charge on any atom is 0.262 e. The van der Waals surface area contributed by atoms with Gasteiger partial charge in [0.25, 0.3) is 5.91 Å². The van der Waals surface area contributed by atoms with Gasteiger partial charge in [0.15, 0.2) is 12.4 Å². The molecule has 1 aliphatic rings. The van der Waals surface area contributed by atoms with E-state index in [0.717, 1.165) is 30.2 Å². The van der Waals surface area contributed by atoms with Gasteiger partial charge in [-0.05, 0) is 49.2 Å². The monoisotopic (exact) mass is 420 g/mol. The Balaban J connectivity index is 1.32. The van der Waals surface area contributed by atoms with Crippen LogP contribution in [0.15, 0.2) is 60.7 Å². The summed E-state index contributed by atoms with van der Waals surface area (Å²) in [7, 11) is 0. The molecule has 0 unspecified atom stereocenters. The minimum absolute atomic E-state index is 0.200. The van der Waals surface area contributed by atoms with Crippen molar-refractivity contribution in [3.63, 3.8) is 0 Å². The lowest BCUT2D eigenvalue weighted by Crippen LogP contribution is -2.25. The van der Waals surface area contributed by atoms with Gasteiger partial charge >= 0.3 is 0 Å². The van der Waals surface area contributed by atoms with Crippen LogP contribution in [0.1, 0.15) is 25.7 Å². The van der Waals surface area contributed by atoms with Gasteiger partial charge in [-0.1, -0.05) is 31.0 Å². The topological polar surface area (TPSA) is 67.3 Å². The molecular weight excluding hydrogens is 395 g/mol. The van der Waals surface area contributed by atoms with Gasteiger partial charge < -0.3 is 15.0 Å². The van der Waals surface area contributed by atoms with Crippen LogP contribution in [0.25, 0.3) is 11.3 Å². The van der Waals surface area contributed by atoms with Gasteiger partial charge in [0.1, 0.15) is 11.6 Å². The highest BCUT2D eigenvalue weighted by Crippen LogP contribution is 2.22. The fraction of sp³-hybridized carbons (Fsp3) is 0.292. The summed E-state index contributed by atoms with van der Waals surface area (Å²) >= 11 is 0. The van der Waals surface area contributed by atoms with Crippen molar-refractivity contribution in [2.24, 2.45) is 0 Å². The highest BCUT2D eigenvalue weighted by atomic mass is 19.1. The fourth-order valence-electron chi connectivity index (χ4n) is 3.57. The van der Waals surface area contributed by atoms with E-state index < -0.39 is 5.82 Å². The number of hydrogen-bond donors (Lipinski definition) is 1. The highest BCUT2D eigenvalue weighted by Gasteiger charge is 2.12. The Labute approximate surface area is 181 Å². The number of benzene rings is 2. The molecule has 0 atom stereocenters. The zero-order chi connectivity index (χ0) is 21.5. The molecule has 1 amide bonds. The van der Waals surface area contributed by atoms with E-state index in [0.29, 0.717) is 11.4 Å². The number of carbonyl (C=O) groups is 1. The number of amides is 1. The van der Waals surface area contributed by atoms with E-state index in [2.05, 4.69) is 20.4 Å². The molecule has 3 aromatic rings. The van der Waals surface area contributed by atoms with E-state index in [1.54, 1.807) is 18.2 Å². The van der Waals surface area contributed by atoms with Crippen LogP contribution in [0, 0.1) is 5.82 Å². The van der Waals surface area contributed by atoms with Crippen LogP contribution in [-0.2, 0) is 4.79 Å². The van der Waals surface area contributed by atoms with Gasteiger partial charge in [0, 0.05) is 30.4 Å². The molecule has 6 nitrogen and oxygen atoms in total. The summed E-state index contributed by atoms with van der Waals surface area (Å²) in [4.78, 5) is 14.4. The molecule has 0 radical (unpaired) electrons. The van der Waals surface area contributed by atoms with E-state index in [4.69, 9.17) is 4.74 Å². The zero-order valence-corrected chi connectivity index (χ0v) is 17.3. The van der Waals surface area contributed by atoms with Crippen molar-refractivity contribution in [3.8, 4) is 17.0 Å². The molecule has 31 heavy (non-hydrogen) atoms. The number of anilines is 2. The molecule has 4 rings (SSSR count). The first-order valence-electron chi connectivity index (χ1n) is 10.5. The average Bonchev–Trinajstić information content (AvgIpc) is 3.08. The molecule has 1 aliphatic heterocycles. The van der Waals surface area contributed by atoms with E-state index in [9.17, 15) is 9.18 Å². The van der Waals surface area contributed by atoms with Crippen LogP contribution in [0.4, 0.5) is 15.9 Å². The van der Waals surface area contributed by atoms with Crippen molar-refractivity contribution in [3.05, 3.63) is 66.5 Å². The second-order valence-electron chi connectivity index (χ2n) is 7.55. The Bertz CT molecular complexity index is 1000. The zero-order valence-electron chi connectivity index (χ0n) is 17.3. The summed E-state index contributed by atoms with van der Waals surface area (Å²) < 4.78 is 18.5. The Morgan fingerprint density at radius 3 is 2.42 bits per heavy atom. The molecule has 2 heterocycles. The van der Waals surface area contributed by atoms with Crippen molar-refractivity contribution in [2.45, 2.75) is 25.7 Å². The van der Waals surface area contributed by atoms with Crippen LogP contribution < -0.4 is 15.0 Å². The summed E-state index contributed by atoms with van der Waals surface area (Å²) in [6.07, 6.45) is 4.96. The number of hydrogen-bond acceptors (Lipinski definition) is 5. The van der Waals surface area contributed by atoms with Crippen LogP contribution >= 0.6 is 0 Å². The van der Waals surface area contributed by atoms with Gasteiger partial charge in [0.2, 0.25) is 0 Å². The third-order valence-corrected chi connectivity index (χ3v) is 5.21. The van der Waals surface area contributed by atoms with E-state index in [1.807, 2.05) is 24.3 Å². The number of nitrogens with zero attached hydrogens (tertiary/aromatic N) is 3. The molecule has 1 aromatic heterocycles. The predicted molar refractivity (Wildman–Crippen MR) is 119 cm³/mol. The average molecular weight is 420 g/mol. The number of carbonyl (C=O) groups excluding carboxylic acids is 1. The third kappa shape index (κ3) is 5.78. The van der Waals surface area contributed by atoms with Gasteiger partial charge in [-0.2, -0.15) is 0 Å². The molecule has 1 saturated heterocycles. The summed E-state index contributed by atoms with van der Waals surface area (Å²) in [6.45, 7) is 1.87. The molecule has 7 heteroatoms. The van der Waals surface area contributed by atoms with E-state index >= 15 is 0 Å². The van der Waals surface area contributed by atoms with Crippen LogP contribution in [0.3, 0.4) is 0 Å². The molecule has 1 fully saturated rings. The summed E-state index contributed by atoms with van der Waals surface area (Å²) in [5.74, 6) is 0.509. The fourth-order valence-corrected chi connectivity index (χ4v) is 3.57. The maximum atomic E-state index is 13.2. The summed E-state index contributed by atoms with van der Waals surface area (Å²) in [5, 5.41) is 11.6. The molecule has 0 spiro atoms. The lowest BCUT2D eigenvalue weighted by Gasteiger charge is -2.20. The van der Waals surface area contributed by atoms with E-state index in [1.165, 1.54) is 43.9 Å². The minimum Gasteiger partial charge on any atom is -0.484 e. The Morgan fingerprint density at radius 2 is 1.74 bits per heavy atom. The van der Waals surface area contributed by atoms with Gasteiger partial charge in [0.05, 0.1) is 5.69 Å². The number of aromatic nitrogens is 2. The van der Waals surface area contributed by atoms with Crippen molar-refractivity contribution in [1.29, 1.82) is 0 Å². The molecule has 0 aliphatic carbocycles. The SMILES string of the molecule is O=C(COc1cccc(F)c1)Nc1ccc(-c2ccc(N3CCCCCC3)nn2)cc1. The quantitative estimate of drug-likeness (QED) is 0.627.